The number of amides is 1. The fourth-order valence-electron chi connectivity index (χ4n) is 0.726. The molecule has 0 aromatic carbocycles. The molecule has 1 amide bonds. The Morgan fingerprint density at radius 3 is 3.14 bits per heavy atom. The number of rotatable bonds is 4. The normalized spacial score (nSPS) is 9.14. The molecule has 0 fully saturated rings. The van der Waals surface area contributed by atoms with Gasteiger partial charge in [0.15, 0.2) is 6.29 Å². The molecule has 1 aromatic rings. The van der Waals surface area contributed by atoms with Crippen LogP contribution < -0.4 is 5.32 Å². The number of carbonyl (C=O) groups is 2. The molecule has 0 unspecified atom stereocenters. The Morgan fingerprint density at radius 1 is 1.79 bits per heavy atom. The van der Waals surface area contributed by atoms with Crippen LogP contribution in [-0.2, 0) is 4.74 Å². The zero-order valence-corrected chi connectivity index (χ0v) is 7.32. The lowest BCUT2D eigenvalue weighted by molar-refractivity contribution is 0.111. The summed E-state index contributed by atoms with van der Waals surface area (Å²) in [5, 5.41) is 2.30. The fourth-order valence-corrected chi connectivity index (χ4v) is 0.726. The molecule has 14 heavy (non-hydrogen) atoms. The number of imidazole rings is 1. The summed E-state index contributed by atoms with van der Waals surface area (Å²) < 4.78 is 4.62. The topological polar surface area (TPSA) is 84.1 Å². The summed E-state index contributed by atoms with van der Waals surface area (Å²) in [6, 6.07) is 0. The van der Waals surface area contributed by atoms with Crippen molar-refractivity contribution >= 4 is 18.3 Å². The Hall–Kier alpha value is -2.11. The summed E-state index contributed by atoms with van der Waals surface area (Å²) in [5.74, 6) is 0.168. The van der Waals surface area contributed by atoms with Gasteiger partial charge in [-0.25, -0.2) is 9.78 Å². The number of aromatic nitrogens is 2. The van der Waals surface area contributed by atoms with Gasteiger partial charge in [0.25, 0.3) is 0 Å². The van der Waals surface area contributed by atoms with E-state index in [9.17, 15) is 9.59 Å². The van der Waals surface area contributed by atoms with Gasteiger partial charge in [-0.1, -0.05) is 12.7 Å². The maximum atomic E-state index is 10.9. The molecule has 2 N–H and O–H groups in total. The zero-order chi connectivity index (χ0) is 10.4. The second-order valence-electron chi connectivity index (χ2n) is 2.32. The van der Waals surface area contributed by atoms with Crippen LogP contribution >= 0.6 is 0 Å². The standard InChI is InChI=1S/C8H9N3O3/c1-2-3-14-8(13)11-7-9-4-6(5-12)10-7/h2,4-5H,1,3H2,(H2,9,10,11,13). The van der Waals surface area contributed by atoms with Crippen molar-refractivity contribution < 1.29 is 14.3 Å². The van der Waals surface area contributed by atoms with Gasteiger partial charge in [-0.05, 0) is 0 Å². The van der Waals surface area contributed by atoms with E-state index in [1.54, 1.807) is 0 Å². The van der Waals surface area contributed by atoms with Crippen LogP contribution in [0, 0.1) is 0 Å². The molecule has 1 rings (SSSR count). The van der Waals surface area contributed by atoms with Crippen molar-refractivity contribution in [3.63, 3.8) is 0 Å². The third-order valence-electron chi connectivity index (χ3n) is 1.28. The summed E-state index contributed by atoms with van der Waals surface area (Å²) >= 11 is 0. The van der Waals surface area contributed by atoms with E-state index < -0.39 is 6.09 Å². The van der Waals surface area contributed by atoms with Crippen LogP contribution in [0.15, 0.2) is 18.9 Å². The largest absolute Gasteiger partial charge is 0.445 e. The first-order chi connectivity index (χ1) is 6.76. The molecule has 1 heterocycles. The Bertz CT molecular complexity index is 345. The number of carbonyl (C=O) groups excluding carboxylic acids is 2. The molecule has 1 aromatic heterocycles. The van der Waals surface area contributed by atoms with Crippen molar-refractivity contribution in [3.05, 3.63) is 24.5 Å². The monoisotopic (exact) mass is 195 g/mol. The minimum Gasteiger partial charge on any atom is -0.445 e. The van der Waals surface area contributed by atoms with Crippen LogP contribution in [-0.4, -0.2) is 29.0 Å². The van der Waals surface area contributed by atoms with Crippen LogP contribution in [0.4, 0.5) is 10.7 Å². The van der Waals surface area contributed by atoms with E-state index in [1.807, 2.05) is 0 Å². The van der Waals surface area contributed by atoms with Crippen molar-refractivity contribution in [3.8, 4) is 0 Å². The first-order valence-electron chi connectivity index (χ1n) is 3.81. The lowest BCUT2D eigenvalue weighted by Crippen LogP contribution is -2.14. The van der Waals surface area contributed by atoms with Gasteiger partial charge < -0.3 is 9.72 Å². The Balaban J connectivity index is 2.47. The average Bonchev–Trinajstić information content (AvgIpc) is 2.62. The van der Waals surface area contributed by atoms with E-state index in [4.69, 9.17) is 0 Å². The SMILES string of the molecule is C=CCOC(=O)Nc1ncc(C=O)[nH]1. The van der Waals surface area contributed by atoms with Gasteiger partial charge in [0, 0.05) is 0 Å². The molecule has 0 aliphatic carbocycles. The smallest absolute Gasteiger partial charge is 0.414 e. The maximum absolute atomic E-state index is 10.9. The molecule has 0 saturated heterocycles. The number of nitrogens with one attached hydrogen (secondary N) is 2. The summed E-state index contributed by atoms with van der Waals surface area (Å²) in [6.07, 6.45) is 2.68. The van der Waals surface area contributed by atoms with Gasteiger partial charge in [-0.3, -0.25) is 10.1 Å². The predicted molar refractivity (Wildman–Crippen MR) is 49.1 cm³/mol. The van der Waals surface area contributed by atoms with Gasteiger partial charge in [0.1, 0.15) is 6.61 Å². The number of anilines is 1. The molecular weight excluding hydrogens is 186 g/mol. The number of hydrogen-bond donors (Lipinski definition) is 2. The van der Waals surface area contributed by atoms with E-state index in [1.165, 1.54) is 12.3 Å². The Labute approximate surface area is 80.0 Å². The summed E-state index contributed by atoms with van der Waals surface area (Å²) in [6.45, 7) is 3.50. The second-order valence-corrected chi connectivity index (χ2v) is 2.32. The minimum absolute atomic E-state index is 0.118. The molecule has 0 bridgehead atoms. The van der Waals surface area contributed by atoms with Crippen LogP contribution in [0.3, 0.4) is 0 Å². The highest BCUT2D eigenvalue weighted by Gasteiger charge is 2.04. The minimum atomic E-state index is -0.656. The lowest BCUT2D eigenvalue weighted by atomic mass is 10.6. The fraction of sp³-hybridized carbons (Fsp3) is 0.125. The first kappa shape index (κ1) is 9.97. The highest BCUT2D eigenvalue weighted by Crippen LogP contribution is 2.00. The van der Waals surface area contributed by atoms with E-state index in [2.05, 4.69) is 26.6 Å². The van der Waals surface area contributed by atoms with Crippen LogP contribution in [0.5, 0.6) is 0 Å². The summed E-state index contributed by atoms with van der Waals surface area (Å²) in [5.41, 5.74) is 0.282. The van der Waals surface area contributed by atoms with Crippen LogP contribution in [0.2, 0.25) is 0 Å². The highest BCUT2D eigenvalue weighted by molar-refractivity contribution is 5.83. The average molecular weight is 195 g/mol. The highest BCUT2D eigenvalue weighted by atomic mass is 16.5. The third-order valence-corrected chi connectivity index (χ3v) is 1.28. The molecule has 0 atom stereocenters. The molecule has 6 heteroatoms. The van der Waals surface area contributed by atoms with Crippen LogP contribution in [0.1, 0.15) is 10.5 Å². The number of H-pyrrole nitrogens is 1. The Morgan fingerprint density at radius 2 is 2.57 bits per heavy atom. The number of aldehydes is 1. The van der Waals surface area contributed by atoms with E-state index in [0.29, 0.717) is 6.29 Å². The number of ether oxygens (including phenoxy) is 1. The van der Waals surface area contributed by atoms with Crippen molar-refractivity contribution in [1.29, 1.82) is 0 Å². The molecule has 0 aliphatic rings. The van der Waals surface area contributed by atoms with Gasteiger partial charge in [0.05, 0.1) is 11.9 Å². The third kappa shape index (κ3) is 2.74. The number of hydrogen-bond acceptors (Lipinski definition) is 4. The molecule has 0 radical (unpaired) electrons. The van der Waals surface area contributed by atoms with Gasteiger partial charge in [0.2, 0.25) is 5.95 Å². The predicted octanol–water partition coefficient (Wildman–Crippen LogP) is 0.957. The lowest BCUT2D eigenvalue weighted by Gasteiger charge is -2.00. The quantitative estimate of drug-likeness (QED) is 0.553. The summed E-state index contributed by atoms with van der Waals surface area (Å²) in [4.78, 5) is 27.5. The van der Waals surface area contributed by atoms with Gasteiger partial charge in [-0.2, -0.15) is 0 Å². The van der Waals surface area contributed by atoms with Crippen molar-refractivity contribution in [2.45, 2.75) is 0 Å². The molecule has 0 spiro atoms. The van der Waals surface area contributed by atoms with Crippen LogP contribution in [0.25, 0.3) is 0 Å². The summed E-state index contributed by atoms with van der Waals surface area (Å²) in [7, 11) is 0. The maximum Gasteiger partial charge on any atom is 0.414 e. The van der Waals surface area contributed by atoms with E-state index >= 15 is 0 Å². The molecule has 0 aliphatic heterocycles. The number of nitrogens with zero attached hydrogens (tertiary/aromatic N) is 1. The molecule has 74 valence electrons. The van der Waals surface area contributed by atoms with Gasteiger partial charge >= 0.3 is 6.09 Å². The van der Waals surface area contributed by atoms with Crippen molar-refractivity contribution in [2.24, 2.45) is 0 Å². The van der Waals surface area contributed by atoms with E-state index in [-0.39, 0.29) is 18.2 Å². The molecule has 0 saturated carbocycles. The van der Waals surface area contributed by atoms with Crippen molar-refractivity contribution in [1.82, 2.24) is 9.97 Å². The molecular formula is C8H9N3O3. The first-order valence-corrected chi connectivity index (χ1v) is 3.81. The van der Waals surface area contributed by atoms with Gasteiger partial charge in [-0.15, -0.1) is 0 Å². The zero-order valence-electron chi connectivity index (χ0n) is 7.32. The Kier molecular flexibility index (Phi) is 3.42. The number of aromatic amines is 1. The van der Waals surface area contributed by atoms with Crippen molar-refractivity contribution in [2.75, 3.05) is 11.9 Å². The van der Waals surface area contributed by atoms with E-state index in [0.717, 1.165) is 0 Å². The second kappa shape index (κ2) is 4.80. The molecule has 6 nitrogen and oxygen atoms in total.